The maximum Gasteiger partial charge on any atom is 0.404 e. The first-order valence-corrected chi connectivity index (χ1v) is 14.7. The lowest BCUT2D eigenvalue weighted by atomic mass is 9.82. The Morgan fingerprint density at radius 2 is 1.53 bits per heavy atom. The quantitative estimate of drug-likeness (QED) is 0.441. The predicted molar refractivity (Wildman–Crippen MR) is 151 cm³/mol. The molecule has 0 atom stereocenters. The SMILES string of the molecule is O=C(O)NCC1CCC(CNC(=O)c2cc(N3CCC(CCN4CCCC4)CC3)nc3ccccc23)CC1. The van der Waals surface area contributed by atoms with Crippen molar-refractivity contribution in [3.8, 4) is 0 Å². The van der Waals surface area contributed by atoms with Crippen LogP contribution >= 0.6 is 0 Å². The average molecular weight is 522 g/mol. The number of anilines is 1. The zero-order chi connectivity index (χ0) is 26.3. The van der Waals surface area contributed by atoms with Crippen LogP contribution in [0.25, 0.3) is 10.9 Å². The number of carbonyl (C=O) groups is 2. The van der Waals surface area contributed by atoms with Gasteiger partial charge in [0.2, 0.25) is 0 Å². The van der Waals surface area contributed by atoms with Crippen LogP contribution in [0.4, 0.5) is 10.6 Å². The number of piperidine rings is 1. The topological polar surface area (TPSA) is 97.8 Å². The molecule has 3 heterocycles. The number of rotatable bonds is 9. The van der Waals surface area contributed by atoms with E-state index >= 15 is 0 Å². The predicted octanol–water partition coefficient (Wildman–Crippen LogP) is 4.74. The Morgan fingerprint density at radius 1 is 0.868 bits per heavy atom. The second-order valence-corrected chi connectivity index (χ2v) is 11.6. The van der Waals surface area contributed by atoms with E-state index in [2.05, 4.69) is 20.4 Å². The molecule has 5 rings (SSSR count). The van der Waals surface area contributed by atoms with E-state index in [4.69, 9.17) is 10.1 Å². The number of pyridine rings is 1. The summed E-state index contributed by atoms with van der Waals surface area (Å²) in [5.74, 6) is 2.50. The van der Waals surface area contributed by atoms with Crippen LogP contribution in [0.2, 0.25) is 0 Å². The van der Waals surface area contributed by atoms with Gasteiger partial charge in [0.25, 0.3) is 5.91 Å². The molecule has 1 aromatic heterocycles. The second-order valence-electron chi connectivity index (χ2n) is 11.6. The van der Waals surface area contributed by atoms with Gasteiger partial charge in [-0.1, -0.05) is 18.2 Å². The highest BCUT2D eigenvalue weighted by Crippen LogP contribution is 2.30. The lowest BCUT2D eigenvalue weighted by molar-refractivity contribution is 0.0942. The molecule has 1 aromatic carbocycles. The maximum absolute atomic E-state index is 13.4. The molecule has 3 fully saturated rings. The molecule has 0 radical (unpaired) electrons. The fraction of sp³-hybridized carbons (Fsp3) is 0.633. The van der Waals surface area contributed by atoms with Crippen molar-refractivity contribution >= 4 is 28.7 Å². The Morgan fingerprint density at radius 3 is 2.21 bits per heavy atom. The summed E-state index contributed by atoms with van der Waals surface area (Å²) in [6.45, 7) is 6.97. The average Bonchev–Trinajstić information content (AvgIpc) is 3.48. The zero-order valence-corrected chi connectivity index (χ0v) is 22.5. The number of nitrogens with zero attached hydrogens (tertiary/aromatic N) is 3. The van der Waals surface area contributed by atoms with Crippen molar-refractivity contribution in [3.05, 3.63) is 35.9 Å². The number of hydrogen-bond acceptors (Lipinski definition) is 5. The summed E-state index contributed by atoms with van der Waals surface area (Å²) < 4.78 is 0. The van der Waals surface area contributed by atoms with Crippen LogP contribution in [0.3, 0.4) is 0 Å². The molecule has 3 N–H and O–H groups in total. The van der Waals surface area contributed by atoms with Crippen LogP contribution in [0, 0.1) is 17.8 Å². The molecule has 2 aliphatic heterocycles. The Labute approximate surface area is 226 Å². The van der Waals surface area contributed by atoms with Gasteiger partial charge in [0.1, 0.15) is 5.82 Å². The first-order valence-electron chi connectivity index (χ1n) is 14.7. The van der Waals surface area contributed by atoms with Gasteiger partial charge in [0.05, 0.1) is 11.1 Å². The van der Waals surface area contributed by atoms with Gasteiger partial charge in [-0.25, -0.2) is 9.78 Å². The lowest BCUT2D eigenvalue weighted by Crippen LogP contribution is -2.36. The molecule has 3 aliphatic rings. The third kappa shape index (κ3) is 6.95. The number of likely N-dealkylation sites (tertiary alicyclic amines) is 1. The van der Waals surface area contributed by atoms with E-state index in [-0.39, 0.29) is 5.91 Å². The van der Waals surface area contributed by atoms with E-state index in [9.17, 15) is 9.59 Å². The summed E-state index contributed by atoms with van der Waals surface area (Å²) in [5, 5.41) is 15.4. The molecule has 8 heteroatoms. The van der Waals surface area contributed by atoms with Crippen molar-refractivity contribution in [2.24, 2.45) is 17.8 Å². The number of para-hydroxylation sites is 1. The van der Waals surface area contributed by atoms with Crippen molar-refractivity contribution < 1.29 is 14.7 Å². The highest BCUT2D eigenvalue weighted by molar-refractivity contribution is 6.07. The number of hydrogen-bond donors (Lipinski definition) is 3. The number of benzene rings is 1. The summed E-state index contributed by atoms with van der Waals surface area (Å²) in [6, 6.07) is 9.95. The molecule has 38 heavy (non-hydrogen) atoms. The molecule has 0 unspecified atom stereocenters. The van der Waals surface area contributed by atoms with Gasteiger partial charge in [-0.15, -0.1) is 0 Å². The standard InChI is InChI=1S/C30H43N5O3/c36-29(31-20-23-7-9-24(10-8-23)21-32-30(37)38)26-19-28(33-27-6-2-1-5-25(26)27)35-17-12-22(13-18-35)11-16-34-14-3-4-15-34/h1-2,5-6,19,22-24,32H,3-4,7-18,20-21H2,(H,31,36)(H,37,38). The van der Waals surface area contributed by atoms with E-state index < -0.39 is 6.09 Å². The van der Waals surface area contributed by atoms with Gasteiger partial charge in [-0.3, -0.25) is 4.79 Å². The molecular formula is C30H43N5O3. The monoisotopic (exact) mass is 521 g/mol. The number of nitrogens with one attached hydrogen (secondary N) is 2. The van der Waals surface area contributed by atoms with Gasteiger partial charge >= 0.3 is 6.09 Å². The minimum absolute atomic E-state index is 0.0278. The van der Waals surface area contributed by atoms with Gasteiger partial charge in [-0.2, -0.15) is 0 Å². The van der Waals surface area contributed by atoms with Crippen LogP contribution in [0.5, 0.6) is 0 Å². The summed E-state index contributed by atoms with van der Waals surface area (Å²) in [5.41, 5.74) is 1.58. The van der Waals surface area contributed by atoms with E-state index in [0.29, 0.717) is 30.5 Å². The molecule has 2 amide bonds. The second kappa shape index (κ2) is 12.8. The van der Waals surface area contributed by atoms with Gasteiger partial charge in [-0.05, 0) is 107 Å². The Bertz CT molecular complexity index is 1090. The van der Waals surface area contributed by atoms with Gasteiger partial charge < -0.3 is 25.5 Å². The first kappa shape index (κ1) is 26.7. The molecule has 2 saturated heterocycles. The molecular weight excluding hydrogens is 478 g/mol. The van der Waals surface area contributed by atoms with Crippen molar-refractivity contribution in [3.63, 3.8) is 0 Å². The van der Waals surface area contributed by atoms with Crippen LogP contribution < -0.4 is 15.5 Å². The third-order valence-electron chi connectivity index (χ3n) is 9.00. The minimum Gasteiger partial charge on any atom is -0.465 e. The summed E-state index contributed by atoms with van der Waals surface area (Å²) >= 11 is 0. The van der Waals surface area contributed by atoms with Gasteiger partial charge in [0.15, 0.2) is 0 Å². The van der Waals surface area contributed by atoms with E-state index in [1.54, 1.807) is 0 Å². The first-order chi connectivity index (χ1) is 18.5. The molecule has 1 aliphatic carbocycles. The summed E-state index contributed by atoms with van der Waals surface area (Å²) in [7, 11) is 0. The number of amides is 2. The number of fused-ring (bicyclic) bond motifs is 1. The highest BCUT2D eigenvalue weighted by atomic mass is 16.4. The summed E-state index contributed by atoms with van der Waals surface area (Å²) in [6.07, 6.45) is 9.46. The summed E-state index contributed by atoms with van der Waals surface area (Å²) in [4.78, 5) is 34.1. The Balaban J connectivity index is 1.17. The molecule has 2 aromatic rings. The third-order valence-corrected chi connectivity index (χ3v) is 9.00. The van der Waals surface area contributed by atoms with Crippen molar-refractivity contribution in [1.29, 1.82) is 0 Å². The molecule has 0 spiro atoms. The van der Waals surface area contributed by atoms with Crippen LogP contribution in [0.15, 0.2) is 30.3 Å². The Kier molecular flexibility index (Phi) is 8.99. The fourth-order valence-corrected chi connectivity index (χ4v) is 6.54. The van der Waals surface area contributed by atoms with E-state index in [1.165, 1.54) is 51.7 Å². The smallest absolute Gasteiger partial charge is 0.404 e. The van der Waals surface area contributed by atoms with Gasteiger partial charge in [0, 0.05) is 31.6 Å². The van der Waals surface area contributed by atoms with E-state index in [1.807, 2.05) is 30.3 Å². The zero-order valence-electron chi connectivity index (χ0n) is 22.5. The lowest BCUT2D eigenvalue weighted by Gasteiger charge is -2.34. The molecule has 1 saturated carbocycles. The highest BCUT2D eigenvalue weighted by Gasteiger charge is 2.25. The van der Waals surface area contributed by atoms with E-state index in [0.717, 1.165) is 61.4 Å². The molecule has 206 valence electrons. The van der Waals surface area contributed by atoms with Crippen molar-refractivity contribution in [2.45, 2.75) is 57.8 Å². The fourth-order valence-electron chi connectivity index (χ4n) is 6.54. The molecule has 0 bridgehead atoms. The van der Waals surface area contributed by atoms with Crippen LogP contribution in [-0.4, -0.2) is 72.8 Å². The number of carboxylic acid groups (broad SMARTS) is 1. The van der Waals surface area contributed by atoms with Crippen LogP contribution in [0.1, 0.15) is 68.1 Å². The van der Waals surface area contributed by atoms with Crippen molar-refractivity contribution in [1.82, 2.24) is 20.5 Å². The molecule has 8 nitrogen and oxygen atoms in total. The van der Waals surface area contributed by atoms with Crippen molar-refractivity contribution in [2.75, 3.05) is 50.7 Å². The minimum atomic E-state index is -0.953. The number of aromatic nitrogens is 1. The van der Waals surface area contributed by atoms with Crippen LogP contribution in [-0.2, 0) is 0 Å². The Hall–Kier alpha value is -2.87. The number of carbonyl (C=O) groups excluding carboxylic acids is 1. The normalized spacial score (nSPS) is 23.0. The maximum atomic E-state index is 13.4. The largest absolute Gasteiger partial charge is 0.465 e.